The molecule has 0 aliphatic heterocycles. The molecule has 0 amide bonds. The molecule has 2 aromatic heterocycles. The van der Waals surface area contributed by atoms with Gasteiger partial charge in [-0.3, -0.25) is 4.90 Å². The van der Waals surface area contributed by atoms with E-state index in [0.29, 0.717) is 0 Å². The first-order chi connectivity index (χ1) is 10.2. The van der Waals surface area contributed by atoms with Crippen molar-refractivity contribution in [1.29, 1.82) is 0 Å². The standard InChI is InChI=1S/C16H15ClN2OS/c1-19(9-12-4-6-13(17)7-5-12)10-14-11-21-16(18-14)15-3-2-8-20-15/h2-8,11H,9-10H2,1H3. The van der Waals surface area contributed by atoms with Crippen LogP contribution >= 0.6 is 22.9 Å². The Bertz CT molecular complexity index is 691. The normalized spacial score (nSPS) is 11.2. The van der Waals surface area contributed by atoms with E-state index in [9.17, 15) is 0 Å². The molecule has 0 saturated heterocycles. The first-order valence-electron chi connectivity index (χ1n) is 6.62. The maximum atomic E-state index is 5.90. The highest BCUT2D eigenvalue weighted by atomic mass is 35.5. The highest BCUT2D eigenvalue weighted by Crippen LogP contribution is 2.24. The molecule has 0 fully saturated rings. The van der Waals surface area contributed by atoms with Crippen molar-refractivity contribution in [2.45, 2.75) is 13.1 Å². The van der Waals surface area contributed by atoms with Crippen molar-refractivity contribution < 1.29 is 4.42 Å². The molecular weight excluding hydrogens is 304 g/mol. The van der Waals surface area contributed by atoms with Crippen LogP contribution in [0.1, 0.15) is 11.3 Å². The number of halogens is 1. The second kappa shape index (κ2) is 6.43. The molecule has 0 aliphatic rings. The zero-order chi connectivity index (χ0) is 14.7. The van der Waals surface area contributed by atoms with Crippen LogP contribution in [-0.4, -0.2) is 16.9 Å². The van der Waals surface area contributed by atoms with Crippen LogP contribution in [0.3, 0.4) is 0 Å². The highest BCUT2D eigenvalue weighted by molar-refractivity contribution is 7.13. The van der Waals surface area contributed by atoms with Gasteiger partial charge in [-0.2, -0.15) is 0 Å². The van der Waals surface area contributed by atoms with Gasteiger partial charge >= 0.3 is 0 Å². The Labute approximate surface area is 132 Å². The topological polar surface area (TPSA) is 29.3 Å². The summed E-state index contributed by atoms with van der Waals surface area (Å²) in [5.41, 5.74) is 2.30. The Hall–Kier alpha value is -1.62. The average molecular weight is 319 g/mol. The summed E-state index contributed by atoms with van der Waals surface area (Å²) in [5.74, 6) is 0.826. The quantitative estimate of drug-likeness (QED) is 0.683. The number of aromatic nitrogens is 1. The molecule has 0 aliphatic carbocycles. The first-order valence-corrected chi connectivity index (χ1v) is 7.88. The second-order valence-corrected chi connectivity index (χ2v) is 6.21. The third-order valence-corrected chi connectivity index (χ3v) is 4.24. The van der Waals surface area contributed by atoms with Crippen molar-refractivity contribution in [2.24, 2.45) is 0 Å². The van der Waals surface area contributed by atoms with Gasteiger partial charge in [-0.25, -0.2) is 4.98 Å². The van der Waals surface area contributed by atoms with Crippen molar-refractivity contribution in [2.75, 3.05) is 7.05 Å². The van der Waals surface area contributed by atoms with Crippen molar-refractivity contribution in [1.82, 2.24) is 9.88 Å². The Morgan fingerprint density at radius 3 is 2.71 bits per heavy atom. The summed E-state index contributed by atoms with van der Waals surface area (Å²) in [6.07, 6.45) is 1.67. The van der Waals surface area contributed by atoms with E-state index in [1.165, 1.54) is 5.56 Å². The molecule has 0 unspecified atom stereocenters. The Kier molecular flexibility index (Phi) is 4.39. The van der Waals surface area contributed by atoms with Crippen LogP contribution in [0.4, 0.5) is 0 Å². The van der Waals surface area contributed by atoms with Gasteiger partial charge < -0.3 is 4.42 Å². The average Bonchev–Trinajstić information content (AvgIpc) is 3.12. The maximum absolute atomic E-state index is 5.90. The minimum atomic E-state index is 0.768. The summed E-state index contributed by atoms with van der Waals surface area (Å²) in [7, 11) is 2.08. The van der Waals surface area contributed by atoms with Gasteiger partial charge in [0.15, 0.2) is 10.8 Å². The van der Waals surface area contributed by atoms with E-state index >= 15 is 0 Å². The Morgan fingerprint density at radius 1 is 1.19 bits per heavy atom. The highest BCUT2D eigenvalue weighted by Gasteiger charge is 2.09. The van der Waals surface area contributed by atoms with Crippen LogP contribution in [0.25, 0.3) is 10.8 Å². The molecule has 2 heterocycles. The lowest BCUT2D eigenvalue weighted by Gasteiger charge is -2.15. The summed E-state index contributed by atoms with van der Waals surface area (Å²) in [6.45, 7) is 1.67. The van der Waals surface area contributed by atoms with E-state index in [4.69, 9.17) is 16.0 Å². The fraction of sp³-hybridized carbons (Fsp3) is 0.188. The van der Waals surface area contributed by atoms with E-state index < -0.39 is 0 Å². The van der Waals surface area contributed by atoms with Gasteiger partial charge in [0, 0.05) is 23.5 Å². The number of benzene rings is 1. The second-order valence-electron chi connectivity index (χ2n) is 4.92. The molecule has 108 valence electrons. The van der Waals surface area contributed by atoms with E-state index in [-0.39, 0.29) is 0 Å². The molecule has 21 heavy (non-hydrogen) atoms. The molecule has 5 heteroatoms. The summed E-state index contributed by atoms with van der Waals surface area (Å²) >= 11 is 7.51. The van der Waals surface area contributed by atoms with E-state index in [1.54, 1.807) is 17.6 Å². The number of thiazole rings is 1. The number of nitrogens with zero attached hydrogens (tertiary/aromatic N) is 2. The summed E-state index contributed by atoms with van der Waals surface area (Å²) in [5, 5.41) is 3.77. The van der Waals surface area contributed by atoms with E-state index in [2.05, 4.69) is 22.3 Å². The zero-order valence-electron chi connectivity index (χ0n) is 11.6. The van der Waals surface area contributed by atoms with E-state index in [1.807, 2.05) is 36.4 Å². The van der Waals surface area contributed by atoms with Gasteiger partial charge in [-0.05, 0) is 36.9 Å². The van der Waals surface area contributed by atoms with Gasteiger partial charge in [-0.1, -0.05) is 23.7 Å². The van der Waals surface area contributed by atoms with Gasteiger partial charge in [0.2, 0.25) is 0 Å². The molecule has 1 aromatic carbocycles. The molecule has 3 nitrogen and oxygen atoms in total. The fourth-order valence-corrected chi connectivity index (χ4v) is 3.03. The predicted octanol–water partition coefficient (Wildman–Crippen LogP) is 4.69. The van der Waals surface area contributed by atoms with Gasteiger partial charge in [0.05, 0.1) is 12.0 Å². The van der Waals surface area contributed by atoms with Crippen LogP contribution in [0.2, 0.25) is 5.02 Å². The largest absolute Gasteiger partial charge is 0.462 e. The van der Waals surface area contributed by atoms with Gasteiger partial charge in [0.1, 0.15) is 0 Å². The number of hydrogen-bond acceptors (Lipinski definition) is 4. The zero-order valence-corrected chi connectivity index (χ0v) is 13.2. The Balaban J connectivity index is 1.62. The number of hydrogen-bond donors (Lipinski definition) is 0. The summed E-state index contributed by atoms with van der Waals surface area (Å²) < 4.78 is 5.37. The van der Waals surface area contributed by atoms with Crippen LogP contribution < -0.4 is 0 Å². The molecule has 0 N–H and O–H groups in total. The van der Waals surface area contributed by atoms with E-state index in [0.717, 1.165) is 34.6 Å². The number of furan rings is 1. The predicted molar refractivity (Wildman–Crippen MR) is 86.4 cm³/mol. The molecule has 3 aromatic rings. The Morgan fingerprint density at radius 2 is 2.00 bits per heavy atom. The monoisotopic (exact) mass is 318 g/mol. The molecule has 0 saturated carbocycles. The fourth-order valence-electron chi connectivity index (χ4n) is 2.13. The SMILES string of the molecule is CN(Cc1ccc(Cl)cc1)Cc1csc(-c2ccco2)n1. The van der Waals surface area contributed by atoms with Crippen molar-refractivity contribution in [3.05, 3.63) is 64.3 Å². The van der Waals surface area contributed by atoms with Crippen LogP contribution in [0.5, 0.6) is 0 Å². The molecule has 0 atom stereocenters. The van der Waals surface area contributed by atoms with Crippen LogP contribution in [0, 0.1) is 0 Å². The van der Waals surface area contributed by atoms with Crippen molar-refractivity contribution in [3.63, 3.8) is 0 Å². The summed E-state index contributed by atoms with van der Waals surface area (Å²) in [4.78, 5) is 6.84. The van der Waals surface area contributed by atoms with Crippen LogP contribution in [0.15, 0.2) is 52.5 Å². The molecule has 0 spiro atoms. The first kappa shape index (κ1) is 14.3. The minimum absolute atomic E-state index is 0.768. The lowest BCUT2D eigenvalue weighted by molar-refractivity contribution is 0.316. The van der Waals surface area contributed by atoms with Gasteiger partial charge in [0.25, 0.3) is 0 Å². The smallest absolute Gasteiger partial charge is 0.162 e. The minimum Gasteiger partial charge on any atom is -0.462 e. The lowest BCUT2D eigenvalue weighted by atomic mass is 10.2. The number of rotatable bonds is 5. The molecule has 0 bridgehead atoms. The third-order valence-electron chi connectivity index (χ3n) is 3.08. The summed E-state index contributed by atoms with van der Waals surface area (Å²) in [6, 6.07) is 11.7. The molecular formula is C16H15ClN2OS. The molecule has 3 rings (SSSR count). The van der Waals surface area contributed by atoms with Gasteiger partial charge in [-0.15, -0.1) is 11.3 Å². The third kappa shape index (κ3) is 3.73. The van der Waals surface area contributed by atoms with Crippen molar-refractivity contribution in [3.8, 4) is 10.8 Å². The van der Waals surface area contributed by atoms with Crippen molar-refractivity contribution >= 4 is 22.9 Å². The van der Waals surface area contributed by atoms with Crippen LogP contribution in [-0.2, 0) is 13.1 Å². The molecule has 0 radical (unpaired) electrons. The maximum Gasteiger partial charge on any atom is 0.162 e. The lowest BCUT2D eigenvalue weighted by Crippen LogP contribution is -2.17.